The number of rotatable bonds is 2. The van der Waals surface area contributed by atoms with E-state index in [-0.39, 0.29) is 17.0 Å². The number of ketones is 1. The fourth-order valence-electron chi connectivity index (χ4n) is 2.33. The van der Waals surface area contributed by atoms with E-state index in [0.717, 1.165) is 16.8 Å². The van der Waals surface area contributed by atoms with Crippen LogP contribution in [0.2, 0.25) is 5.02 Å². The first-order valence-electron chi connectivity index (χ1n) is 6.35. The van der Waals surface area contributed by atoms with E-state index in [2.05, 4.69) is 0 Å². The van der Waals surface area contributed by atoms with Crippen LogP contribution in [0.15, 0.2) is 54.6 Å². The summed E-state index contributed by atoms with van der Waals surface area (Å²) in [6.07, 6.45) is 0. The highest BCUT2D eigenvalue weighted by Crippen LogP contribution is 2.29. The van der Waals surface area contributed by atoms with Gasteiger partial charge in [-0.3, -0.25) is 4.79 Å². The van der Waals surface area contributed by atoms with Gasteiger partial charge in [-0.1, -0.05) is 35.9 Å². The van der Waals surface area contributed by atoms with E-state index in [4.69, 9.17) is 17.3 Å². The molecule has 104 valence electrons. The molecule has 0 aliphatic heterocycles. The molecule has 2 nitrogen and oxygen atoms in total. The predicted molar refractivity (Wildman–Crippen MR) is 83.2 cm³/mol. The van der Waals surface area contributed by atoms with E-state index >= 15 is 0 Å². The molecule has 21 heavy (non-hydrogen) atoms. The lowest BCUT2D eigenvalue weighted by Crippen LogP contribution is -2.06. The van der Waals surface area contributed by atoms with Crippen LogP contribution in [-0.4, -0.2) is 5.78 Å². The maximum atomic E-state index is 13.4. The average molecular weight is 300 g/mol. The van der Waals surface area contributed by atoms with Crippen molar-refractivity contribution in [2.24, 2.45) is 0 Å². The zero-order chi connectivity index (χ0) is 15.0. The van der Waals surface area contributed by atoms with Crippen LogP contribution >= 0.6 is 11.6 Å². The minimum absolute atomic E-state index is 0.155. The molecule has 0 aromatic heterocycles. The molecule has 0 aliphatic rings. The molecule has 3 aromatic rings. The van der Waals surface area contributed by atoms with Crippen LogP contribution in [-0.2, 0) is 0 Å². The van der Waals surface area contributed by atoms with Crippen molar-refractivity contribution in [1.29, 1.82) is 0 Å². The second kappa shape index (κ2) is 5.19. The van der Waals surface area contributed by atoms with E-state index in [1.54, 1.807) is 12.1 Å². The summed E-state index contributed by atoms with van der Waals surface area (Å²) in [5, 5.41) is 2.06. The van der Waals surface area contributed by atoms with Crippen LogP contribution in [0.5, 0.6) is 0 Å². The number of anilines is 1. The van der Waals surface area contributed by atoms with Gasteiger partial charge in [-0.2, -0.15) is 0 Å². The lowest BCUT2D eigenvalue weighted by Gasteiger charge is -2.09. The first-order valence-corrected chi connectivity index (χ1v) is 6.72. The second-order valence-corrected chi connectivity index (χ2v) is 5.11. The van der Waals surface area contributed by atoms with Crippen molar-refractivity contribution >= 4 is 33.8 Å². The summed E-state index contributed by atoms with van der Waals surface area (Å²) in [7, 11) is 0. The van der Waals surface area contributed by atoms with E-state index in [1.165, 1.54) is 12.1 Å². The fourth-order valence-corrected chi connectivity index (χ4v) is 2.56. The zero-order valence-electron chi connectivity index (χ0n) is 10.9. The normalized spacial score (nSPS) is 10.8. The van der Waals surface area contributed by atoms with Gasteiger partial charge in [0.1, 0.15) is 5.82 Å². The van der Waals surface area contributed by atoms with Crippen molar-refractivity contribution in [2.75, 3.05) is 5.73 Å². The summed E-state index contributed by atoms with van der Waals surface area (Å²) >= 11 is 6.14. The quantitative estimate of drug-likeness (QED) is 0.561. The van der Waals surface area contributed by atoms with Crippen LogP contribution in [0.1, 0.15) is 15.9 Å². The Bertz CT molecular complexity index is 861. The van der Waals surface area contributed by atoms with Crippen LogP contribution in [0, 0.1) is 5.82 Å². The molecule has 0 heterocycles. The van der Waals surface area contributed by atoms with Gasteiger partial charge in [0.05, 0.1) is 0 Å². The molecule has 0 unspecified atom stereocenters. The lowest BCUT2D eigenvalue weighted by atomic mass is 9.96. The van der Waals surface area contributed by atoms with E-state index in [1.807, 2.05) is 24.3 Å². The maximum absolute atomic E-state index is 13.4. The zero-order valence-corrected chi connectivity index (χ0v) is 11.7. The number of carbonyl (C=O) groups is 1. The smallest absolute Gasteiger partial charge is 0.195 e. The van der Waals surface area contributed by atoms with Gasteiger partial charge in [-0.15, -0.1) is 0 Å². The molecule has 0 amide bonds. The van der Waals surface area contributed by atoms with Crippen LogP contribution in [0.25, 0.3) is 10.8 Å². The summed E-state index contributed by atoms with van der Waals surface area (Å²) in [6.45, 7) is 0. The summed E-state index contributed by atoms with van der Waals surface area (Å²) < 4.78 is 13.4. The Balaban J connectivity index is 2.23. The molecule has 0 fully saturated rings. The summed E-state index contributed by atoms with van der Waals surface area (Å²) in [6, 6.07) is 14.4. The number of carbonyl (C=O) groups excluding carboxylic acids is 1. The summed E-state index contributed by atoms with van der Waals surface area (Å²) in [5.41, 5.74) is 6.64. The highest BCUT2D eigenvalue weighted by Gasteiger charge is 2.16. The molecule has 0 atom stereocenters. The van der Waals surface area contributed by atoms with E-state index in [0.29, 0.717) is 10.6 Å². The van der Waals surface area contributed by atoms with Gasteiger partial charge in [0.25, 0.3) is 0 Å². The van der Waals surface area contributed by atoms with Crippen molar-refractivity contribution in [2.45, 2.75) is 0 Å². The van der Waals surface area contributed by atoms with Gasteiger partial charge in [0.2, 0.25) is 0 Å². The third-order valence-electron chi connectivity index (χ3n) is 3.38. The maximum Gasteiger partial charge on any atom is 0.195 e. The van der Waals surface area contributed by atoms with Crippen molar-refractivity contribution in [3.8, 4) is 0 Å². The number of halogens is 2. The highest BCUT2D eigenvalue weighted by molar-refractivity contribution is 6.36. The minimum Gasteiger partial charge on any atom is -0.398 e. The molecule has 0 aliphatic carbocycles. The van der Waals surface area contributed by atoms with E-state index in [9.17, 15) is 9.18 Å². The average Bonchev–Trinajstić information content (AvgIpc) is 2.50. The largest absolute Gasteiger partial charge is 0.398 e. The van der Waals surface area contributed by atoms with Crippen molar-refractivity contribution in [3.05, 3.63) is 76.6 Å². The highest BCUT2D eigenvalue weighted by atomic mass is 35.5. The molecule has 0 spiro atoms. The van der Waals surface area contributed by atoms with Crippen LogP contribution < -0.4 is 5.73 Å². The number of nitrogens with two attached hydrogens (primary N) is 1. The van der Waals surface area contributed by atoms with Gasteiger partial charge < -0.3 is 5.73 Å². The molecule has 3 aromatic carbocycles. The first kappa shape index (κ1) is 13.6. The molecule has 3 rings (SSSR count). The number of hydrogen-bond acceptors (Lipinski definition) is 2. The topological polar surface area (TPSA) is 43.1 Å². The number of hydrogen-bond donors (Lipinski definition) is 1. The summed E-state index contributed by atoms with van der Waals surface area (Å²) in [4.78, 5) is 12.7. The Hall–Kier alpha value is -2.39. The van der Waals surface area contributed by atoms with Crippen LogP contribution in [0.3, 0.4) is 0 Å². The molecule has 0 bridgehead atoms. The predicted octanol–water partition coefficient (Wildman–Crippen LogP) is 4.45. The Kier molecular flexibility index (Phi) is 3.35. The Morgan fingerprint density at radius 2 is 1.67 bits per heavy atom. The number of fused-ring (bicyclic) bond motifs is 1. The van der Waals surface area contributed by atoms with Crippen molar-refractivity contribution in [1.82, 2.24) is 0 Å². The minimum atomic E-state index is -0.495. The van der Waals surface area contributed by atoms with Crippen LogP contribution in [0.4, 0.5) is 10.1 Å². The van der Waals surface area contributed by atoms with Gasteiger partial charge >= 0.3 is 0 Å². The molecule has 0 radical (unpaired) electrons. The van der Waals surface area contributed by atoms with Gasteiger partial charge in [-0.25, -0.2) is 4.39 Å². The Morgan fingerprint density at radius 1 is 0.952 bits per heavy atom. The molecule has 0 saturated heterocycles. The number of nitrogen functional groups attached to an aromatic ring is 1. The summed E-state index contributed by atoms with van der Waals surface area (Å²) in [5.74, 6) is -0.814. The van der Waals surface area contributed by atoms with E-state index < -0.39 is 5.82 Å². The lowest BCUT2D eigenvalue weighted by molar-refractivity contribution is 0.104. The Labute approximate surface area is 126 Å². The Morgan fingerprint density at radius 3 is 2.43 bits per heavy atom. The third kappa shape index (κ3) is 2.36. The third-order valence-corrected chi connectivity index (χ3v) is 3.71. The molecule has 4 heteroatoms. The molecular formula is C17H11ClFNO. The fraction of sp³-hybridized carbons (Fsp3) is 0. The standard InChI is InChI=1S/C17H11ClFNO/c18-15-7-6-13(11-3-1-2-4-12(11)15)17(21)14-9-10(19)5-8-16(14)20/h1-9H,20H2. The molecule has 0 saturated carbocycles. The van der Waals surface area contributed by atoms with Gasteiger partial charge in [0.15, 0.2) is 5.78 Å². The van der Waals surface area contributed by atoms with Crippen molar-refractivity contribution in [3.63, 3.8) is 0 Å². The SMILES string of the molecule is Nc1ccc(F)cc1C(=O)c1ccc(Cl)c2ccccc12. The first-order chi connectivity index (χ1) is 10.1. The second-order valence-electron chi connectivity index (χ2n) is 4.70. The van der Waals surface area contributed by atoms with Gasteiger partial charge in [0, 0.05) is 27.2 Å². The number of benzene rings is 3. The van der Waals surface area contributed by atoms with Crippen molar-refractivity contribution < 1.29 is 9.18 Å². The van der Waals surface area contributed by atoms with Gasteiger partial charge in [-0.05, 0) is 35.7 Å². The monoisotopic (exact) mass is 299 g/mol. The molecule has 2 N–H and O–H groups in total. The molecular weight excluding hydrogens is 289 g/mol.